The molecule has 2 bridgehead atoms. The van der Waals surface area contributed by atoms with Crippen LogP contribution in [0, 0.1) is 5.92 Å². The highest BCUT2D eigenvalue weighted by Crippen LogP contribution is 2.51. The molecule has 6 rings (SSSR count). The molecule has 8 nitrogen and oxygen atoms in total. The van der Waals surface area contributed by atoms with E-state index in [-0.39, 0.29) is 30.6 Å². The summed E-state index contributed by atoms with van der Waals surface area (Å²) in [5.41, 5.74) is 3.54. The summed E-state index contributed by atoms with van der Waals surface area (Å²) in [5.74, 6) is -0.216. The first-order chi connectivity index (χ1) is 17.2. The predicted octanol–water partition coefficient (Wildman–Crippen LogP) is 4.90. The smallest absolute Gasteiger partial charge is 0.410 e. The van der Waals surface area contributed by atoms with Gasteiger partial charge in [-0.05, 0) is 62.5 Å². The number of nitrogens with zero attached hydrogens (tertiary/aromatic N) is 3. The van der Waals surface area contributed by atoms with Crippen LogP contribution in [0.15, 0.2) is 30.5 Å². The second-order valence-corrected chi connectivity index (χ2v) is 11.1. The van der Waals surface area contributed by atoms with Crippen LogP contribution in [0.3, 0.4) is 0 Å². The lowest BCUT2D eigenvalue weighted by Crippen LogP contribution is -2.54. The van der Waals surface area contributed by atoms with Crippen molar-refractivity contribution >= 4 is 12.1 Å². The van der Waals surface area contributed by atoms with Crippen molar-refractivity contribution in [3.63, 3.8) is 0 Å². The topological polar surface area (TPSA) is 93.9 Å². The molecule has 2 aliphatic carbocycles. The summed E-state index contributed by atoms with van der Waals surface area (Å²) < 4.78 is 13.6. The summed E-state index contributed by atoms with van der Waals surface area (Å²) in [6.07, 6.45) is 8.67. The number of aryl methyl sites for hydroxylation is 1. The Labute approximate surface area is 212 Å². The van der Waals surface area contributed by atoms with Gasteiger partial charge in [0.15, 0.2) is 0 Å². The molecular formula is C28H37N3O5. The number of hydrogen-bond acceptors (Lipinski definition) is 5. The molecule has 1 N–H and O–H groups in total. The molecule has 2 aromatic rings. The Morgan fingerprint density at radius 1 is 1.22 bits per heavy atom. The summed E-state index contributed by atoms with van der Waals surface area (Å²) in [7, 11) is 3.69. The van der Waals surface area contributed by atoms with E-state index in [9.17, 15) is 14.7 Å². The van der Waals surface area contributed by atoms with E-state index < -0.39 is 11.6 Å². The predicted molar refractivity (Wildman–Crippen MR) is 134 cm³/mol. The van der Waals surface area contributed by atoms with E-state index in [1.807, 2.05) is 20.3 Å². The maximum absolute atomic E-state index is 12.7. The van der Waals surface area contributed by atoms with Gasteiger partial charge in [-0.1, -0.05) is 30.7 Å². The Morgan fingerprint density at radius 2 is 1.92 bits per heavy atom. The Hall–Kier alpha value is -2.87. The van der Waals surface area contributed by atoms with Crippen LogP contribution >= 0.6 is 0 Å². The van der Waals surface area contributed by atoms with Crippen molar-refractivity contribution in [1.82, 2.24) is 14.7 Å². The van der Waals surface area contributed by atoms with Crippen molar-refractivity contribution in [1.29, 1.82) is 0 Å². The molecule has 4 fully saturated rings. The molecule has 1 aromatic heterocycles. The average Bonchev–Trinajstić information content (AvgIpc) is 3.21. The van der Waals surface area contributed by atoms with Crippen LogP contribution in [0.1, 0.15) is 69.5 Å². The molecule has 194 valence electrons. The van der Waals surface area contributed by atoms with E-state index in [4.69, 9.17) is 9.47 Å². The number of hydrogen-bond donors (Lipinski definition) is 1. The average molecular weight is 496 g/mol. The van der Waals surface area contributed by atoms with Crippen molar-refractivity contribution < 1.29 is 24.2 Å². The number of rotatable bonds is 8. The van der Waals surface area contributed by atoms with E-state index in [2.05, 4.69) is 36.3 Å². The molecule has 0 radical (unpaired) electrons. The summed E-state index contributed by atoms with van der Waals surface area (Å²) in [6.45, 7) is 2.83. The second-order valence-electron chi connectivity index (χ2n) is 11.1. The van der Waals surface area contributed by atoms with Crippen molar-refractivity contribution in [3.05, 3.63) is 41.7 Å². The molecule has 2 saturated heterocycles. The normalized spacial score (nSPS) is 26.3. The Balaban J connectivity index is 1.25. The zero-order chi connectivity index (χ0) is 25.5. The Bertz CT molecular complexity index is 1100. The van der Waals surface area contributed by atoms with Gasteiger partial charge in [-0.3, -0.25) is 9.48 Å². The van der Waals surface area contributed by atoms with Crippen molar-refractivity contribution in [2.75, 3.05) is 13.7 Å². The van der Waals surface area contributed by atoms with Gasteiger partial charge in [0.05, 0.1) is 30.5 Å². The third-order valence-corrected chi connectivity index (χ3v) is 9.18. The Kier molecular flexibility index (Phi) is 6.57. The fourth-order valence-corrected chi connectivity index (χ4v) is 6.15. The lowest BCUT2D eigenvalue weighted by molar-refractivity contribution is -0.174. The van der Waals surface area contributed by atoms with Gasteiger partial charge in [-0.25, -0.2) is 4.79 Å². The molecule has 1 unspecified atom stereocenters. The number of carbonyl (C=O) groups is 2. The van der Waals surface area contributed by atoms with Crippen molar-refractivity contribution in [2.45, 2.75) is 82.0 Å². The summed E-state index contributed by atoms with van der Waals surface area (Å²) in [5, 5.41) is 13.7. The maximum Gasteiger partial charge on any atom is 0.410 e. The van der Waals surface area contributed by atoms with Gasteiger partial charge >= 0.3 is 12.1 Å². The zero-order valence-corrected chi connectivity index (χ0v) is 21.5. The largest absolute Gasteiger partial charge is 0.481 e. The quantitative estimate of drug-likeness (QED) is 0.560. The van der Waals surface area contributed by atoms with Crippen LogP contribution in [0.4, 0.5) is 4.79 Å². The molecule has 36 heavy (non-hydrogen) atoms. The number of carboxylic acid groups (broad SMARTS) is 1. The number of amides is 1. The van der Waals surface area contributed by atoms with Gasteiger partial charge < -0.3 is 19.5 Å². The van der Waals surface area contributed by atoms with Crippen LogP contribution in [-0.4, -0.2) is 57.1 Å². The molecule has 2 saturated carbocycles. The first-order valence-electron chi connectivity index (χ1n) is 13.1. The van der Waals surface area contributed by atoms with E-state index in [0.717, 1.165) is 42.5 Å². The minimum atomic E-state index is -0.786. The van der Waals surface area contributed by atoms with E-state index in [1.165, 1.54) is 24.8 Å². The SMILES string of the molecule is CC(C1CCC1)N(C)C(=O)OCc1c(-c2ccc(C34CCC(CC(=O)O)(CC3)OC4)cc2)cnn1C. The van der Waals surface area contributed by atoms with Crippen LogP contribution in [0.5, 0.6) is 0 Å². The lowest BCUT2D eigenvalue weighted by Gasteiger charge is -2.53. The summed E-state index contributed by atoms with van der Waals surface area (Å²) in [4.78, 5) is 25.7. The number of benzene rings is 1. The van der Waals surface area contributed by atoms with Gasteiger partial charge in [-0.15, -0.1) is 0 Å². The third-order valence-electron chi connectivity index (χ3n) is 9.18. The number of aliphatic carboxylic acids is 1. The molecule has 1 atom stereocenters. The fraction of sp³-hybridized carbons (Fsp3) is 0.607. The lowest BCUT2D eigenvalue weighted by atomic mass is 9.62. The van der Waals surface area contributed by atoms with Gasteiger partial charge in [0.2, 0.25) is 0 Å². The summed E-state index contributed by atoms with van der Waals surface area (Å²) in [6, 6.07) is 8.70. The van der Waals surface area contributed by atoms with Crippen LogP contribution in [0.25, 0.3) is 11.1 Å². The van der Waals surface area contributed by atoms with E-state index in [0.29, 0.717) is 12.5 Å². The standard InChI is InChI=1S/C28H37N3O5/c1-19(20-5-4-6-20)30(2)26(34)35-17-24-23(16-29-31(24)3)21-7-9-22(10-8-21)27-11-13-28(14-12-27,36-18-27)15-25(32)33/h7-10,16,19-20H,4-6,11-15,17-18H2,1-3H3,(H,32,33). The molecule has 3 heterocycles. The molecule has 4 aliphatic rings. The van der Waals surface area contributed by atoms with Gasteiger partial charge in [0, 0.05) is 31.1 Å². The number of fused-ring (bicyclic) bond motifs is 3. The van der Waals surface area contributed by atoms with Crippen molar-refractivity contribution in [2.24, 2.45) is 13.0 Å². The number of carboxylic acids is 1. The molecule has 8 heteroatoms. The van der Waals surface area contributed by atoms with Crippen molar-refractivity contribution in [3.8, 4) is 11.1 Å². The molecule has 2 aliphatic heterocycles. The van der Waals surface area contributed by atoms with E-state index in [1.54, 1.807) is 9.58 Å². The van der Waals surface area contributed by atoms with E-state index >= 15 is 0 Å². The minimum absolute atomic E-state index is 0.0478. The molecular weight excluding hydrogens is 458 g/mol. The zero-order valence-electron chi connectivity index (χ0n) is 21.5. The highest BCUT2D eigenvalue weighted by Gasteiger charge is 2.51. The Morgan fingerprint density at radius 3 is 2.47 bits per heavy atom. The van der Waals surface area contributed by atoms with Gasteiger partial charge in [0.25, 0.3) is 0 Å². The van der Waals surface area contributed by atoms with Gasteiger partial charge in [0.1, 0.15) is 6.61 Å². The number of aromatic nitrogens is 2. The maximum atomic E-state index is 12.7. The van der Waals surface area contributed by atoms with Gasteiger partial charge in [-0.2, -0.15) is 5.10 Å². The highest BCUT2D eigenvalue weighted by molar-refractivity contribution is 5.69. The second kappa shape index (κ2) is 9.54. The molecule has 0 spiro atoms. The monoisotopic (exact) mass is 495 g/mol. The third kappa shape index (κ3) is 4.51. The fourth-order valence-electron chi connectivity index (χ4n) is 6.15. The van der Waals surface area contributed by atoms with Crippen LogP contribution < -0.4 is 0 Å². The first-order valence-corrected chi connectivity index (χ1v) is 13.1. The van der Waals surface area contributed by atoms with Crippen LogP contribution in [-0.2, 0) is 33.3 Å². The number of carbonyl (C=O) groups excluding carboxylic acids is 1. The number of ether oxygens (including phenoxy) is 2. The molecule has 1 amide bonds. The molecule has 1 aromatic carbocycles. The minimum Gasteiger partial charge on any atom is -0.481 e. The summed E-state index contributed by atoms with van der Waals surface area (Å²) >= 11 is 0. The van der Waals surface area contributed by atoms with Crippen LogP contribution in [0.2, 0.25) is 0 Å². The highest BCUT2D eigenvalue weighted by atomic mass is 16.6. The first kappa shape index (κ1) is 24.8.